The highest BCUT2D eigenvalue weighted by molar-refractivity contribution is 8.00. The van der Waals surface area contributed by atoms with Crippen LogP contribution < -0.4 is 5.32 Å². The Hall–Kier alpha value is -2.17. The number of halogens is 4. The summed E-state index contributed by atoms with van der Waals surface area (Å²) in [5.74, 6) is -3.63. The number of nitriles is 1. The minimum Gasteiger partial charge on any atom is -0.322 e. The molecule has 164 valence electrons. The van der Waals surface area contributed by atoms with E-state index in [0.717, 1.165) is 29.9 Å². The van der Waals surface area contributed by atoms with Gasteiger partial charge in [-0.1, -0.05) is 25.4 Å². The van der Waals surface area contributed by atoms with Crippen LogP contribution in [0.25, 0.3) is 0 Å². The number of benzene rings is 2. The number of amides is 1. The Labute approximate surface area is 189 Å². The Kier molecular flexibility index (Phi) is 7.55. The normalized spacial score (nSPS) is 21.1. The Morgan fingerprint density at radius 3 is 2.58 bits per heavy atom. The van der Waals surface area contributed by atoms with Crippen LogP contribution in [0.1, 0.15) is 43.5 Å². The lowest BCUT2D eigenvalue weighted by Gasteiger charge is -2.44. The van der Waals surface area contributed by atoms with E-state index < -0.39 is 23.4 Å². The molecule has 1 N–H and O–H groups in total. The molecule has 0 spiro atoms. The number of thioether (sulfide) groups is 1. The Morgan fingerprint density at radius 1 is 1.29 bits per heavy atom. The molecule has 3 rings (SSSR count). The van der Waals surface area contributed by atoms with Crippen molar-refractivity contribution >= 4 is 35.0 Å². The molecule has 8 heteroatoms. The number of carbonyl (C=O) groups is 1. The Morgan fingerprint density at radius 2 is 1.97 bits per heavy atom. The molecule has 1 amide bonds. The van der Waals surface area contributed by atoms with Crippen molar-refractivity contribution in [3.05, 3.63) is 58.4 Å². The van der Waals surface area contributed by atoms with E-state index in [0.29, 0.717) is 34.4 Å². The minimum absolute atomic E-state index is 0.176. The minimum atomic E-state index is -1.59. The first kappa shape index (κ1) is 23.5. The number of anilines is 1. The van der Waals surface area contributed by atoms with Gasteiger partial charge in [-0.2, -0.15) is 5.26 Å². The lowest BCUT2D eigenvalue weighted by Crippen LogP contribution is -2.38. The first-order valence-corrected chi connectivity index (χ1v) is 11.2. The van der Waals surface area contributed by atoms with Gasteiger partial charge in [0.05, 0.1) is 11.1 Å². The fourth-order valence-corrected chi connectivity index (χ4v) is 5.60. The van der Waals surface area contributed by atoms with E-state index in [1.54, 1.807) is 23.9 Å². The third-order valence-electron chi connectivity index (χ3n) is 5.54. The van der Waals surface area contributed by atoms with Gasteiger partial charge in [0.1, 0.15) is 0 Å². The molecule has 0 heterocycles. The summed E-state index contributed by atoms with van der Waals surface area (Å²) in [4.78, 5) is 13.3. The van der Waals surface area contributed by atoms with Crippen molar-refractivity contribution in [3.63, 3.8) is 0 Å². The van der Waals surface area contributed by atoms with Crippen LogP contribution in [0, 0.1) is 46.5 Å². The molecular weight excluding hydrogens is 445 g/mol. The maximum atomic E-state index is 13.4. The summed E-state index contributed by atoms with van der Waals surface area (Å²) in [5.41, 5.74) is 0.100. The molecule has 4 unspecified atom stereocenters. The summed E-state index contributed by atoms with van der Waals surface area (Å²) in [7, 11) is 0. The van der Waals surface area contributed by atoms with Crippen molar-refractivity contribution in [3.8, 4) is 6.07 Å². The second-order valence-electron chi connectivity index (χ2n) is 8.11. The van der Waals surface area contributed by atoms with Crippen LogP contribution >= 0.6 is 23.4 Å². The molecule has 0 aromatic heterocycles. The summed E-state index contributed by atoms with van der Waals surface area (Å²) >= 11 is 7.97. The quantitative estimate of drug-likeness (QED) is 0.444. The highest BCUT2D eigenvalue weighted by atomic mass is 35.5. The van der Waals surface area contributed by atoms with Crippen LogP contribution in [0.4, 0.5) is 18.9 Å². The molecule has 1 fully saturated rings. The summed E-state index contributed by atoms with van der Waals surface area (Å²) in [6, 6.07) is 8.46. The molecule has 1 saturated carbocycles. The second-order valence-corrected chi connectivity index (χ2v) is 9.74. The first-order valence-electron chi connectivity index (χ1n) is 9.98. The van der Waals surface area contributed by atoms with E-state index in [1.165, 1.54) is 6.07 Å². The van der Waals surface area contributed by atoms with Gasteiger partial charge in [-0.25, -0.2) is 13.2 Å². The van der Waals surface area contributed by atoms with Gasteiger partial charge in [0, 0.05) is 39.9 Å². The molecule has 1 aliphatic carbocycles. The van der Waals surface area contributed by atoms with Gasteiger partial charge in [-0.3, -0.25) is 4.79 Å². The predicted molar refractivity (Wildman–Crippen MR) is 117 cm³/mol. The van der Waals surface area contributed by atoms with Crippen LogP contribution in [-0.4, -0.2) is 11.2 Å². The van der Waals surface area contributed by atoms with Gasteiger partial charge in [-0.05, 0) is 48.8 Å². The topological polar surface area (TPSA) is 52.9 Å². The molecule has 0 bridgehead atoms. The summed E-state index contributed by atoms with van der Waals surface area (Å²) in [6.07, 6.45) is 2.59. The maximum absolute atomic E-state index is 13.4. The van der Waals surface area contributed by atoms with Crippen molar-refractivity contribution in [2.24, 2.45) is 17.8 Å². The number of nitrogens with zero attached hydrogens (tertiary/aromatic N) is 1. The van der Waals surface area contributed by atoms with E-state index in [1.807, 2.05) is 0 Å². The molecule has 4 atom stereocenters. The molecule has 3 nitrogen and oxygen atoms in total. The fourth-order valence-electron chi connectivity index (χ4n) is 3.93. The van der Waals surface area contributed by atoms with Crippen LogP contribution in [0.15, 0.2) is 35.2 Å². The lowest BCUT2D eigenvalue weighted by atomic mass is 9.71. The Balaban J connectivity index is 1.72. The molecule has 2 aromatic rings. The number of hydrogen-bond donors (Lipinski definition) is 1. The maximum Gasteiger partial charge on any atom is 0.255 e. The standard InChI is InChI=1S/C23H22ClF3N2OS/c1-12(5-6-28)7-15-8-13(2)22(15)31-20-9-14(3-4-17(20)24)23(30)29-16-10-18(25)21(27)19(26)11-16/h3-4,9-13,15,22H,5,7-8H2,1-2H3,(H,29,30). The van der Waals surface area contributed by atoms with Gasteiger partial charge in [0.15, 0.2) is 17.5 Å². The molecule has 0 aliphatic heterocycles. The molecule has 0 radical (unpaired) electrons. The van der Waals surface area contributed by atoms with E-state index >= 15 is 0 Å². The van der Waals surface area contributed by atoms with Crippen LogP contribution in [0.5, 0.6) is 0 Å². The largest absolute Gasteiger partial charge is 0.322 e. The average molecular weight is 467 g/mol. The predicted octanol–water partition coefficient (Wildman–Crippen LogP) is 7.07. The summed E-state index contributed by atoms with van der Waals surface area (Å²) < 4.78 is 39.9. The van der Waals surface area contributed by atoms with Gasteiger partial charge in [0.25, 0.3) is 5.91 Å². The van der Waals surface area contributed by atoms with E-state index in [2.05, 4.69) is 25.2 Å². The highest BCUT2D eigenvalue weighted by Crippen LogP contribution is 2.49. The number of nitrogens with one attached hydrogen (secondary N) is 1. The summed E-state index contributed by atoms with van der Waals surface area (Å²) in [6.45, 7) is 4.25. The van der Waals surface area contributed by atoms with Crippen molar-refractivity contribution in [2.45, 2.75) is 43.3 Å². The third-order valence-corrected chi connectivity index (χ3v) is 7.70. The highest BCUT2D eigenvalue weighted by Gasteiger charge is 2.39. The molecule has 31 heavy (non-hydrogen) atoms. The van der Waals surface area contributed by atoms with E-state index in [9.17, 15) is 18.0 Å². The zero-order valence-corrected chi connectivity index (χ0v) is 18.7. The first-order chi connectivity index (χ1) is 14.7. The van der Waals surface area contributed by atoms with Crippen LogP contribution in [-0.2, 0) is 0 Å². The number of hydrogen-bond acceptors (Lipinski definition) is 3. The fraction of sp³-hybridized carbons (Fsp3) is 0.391. The smallest absolute Gasteiger partial charge is 0.255 e. The molecule has 0 saturated heterocycles. The third kappa shape index (κ3) is 5.55. The second kappa shape index (κ2) is 9.97. The van der Waals surface area contributed by atoms with Crippen LogP contribution in [0.2, 0.25) is 5.02 Å². The monoisotopic (exact) mass is 466 g/mol. The average Bonchev–Trinajstić information content (AvgIpc) is 2.71. The van der Waals surface area contributed by atoms with E-state index in [4.69, 9.17) is 16.9 Å². The van der Waals surface area contributed by atoms with Crippen molar-refractivity contribution in [1.29, 1.82) is 5.26 Å². The number of carbonyl (C=O) groups excluding carboxylic acids is 1. The van der Waals surface area contributed by atoms with Crippen molar-refractivity contribution in [1.82, 2.24) is 0 Å². The number of rotatable bonds is 7. The lowest BCUT2D eigenvalue weighted by molar-refractivity contribution is 0.102. The van der Waals surface area contributed by atoms with Gasteiger partial charge in [0.2, 0.25) is 0 Å². The van der Waals surface area contributed by atoms with E-state index in [-0.39, 0.29) is 11.3 Å². The molecular formula is C23H22ClF3N2OS. The van der Waals surface area contributed by atoms with Gasteiger partial charge >= 0.3 is 0 Å². The Bertz CT molecular complexity index is 1000. The SMILES string of the molecule is CC(CC#N)CC1CC(C)C1Sc1cc(C(=O)Nc2cc(F)c(F)c(F)c2)ccc1Cl. The molecule has 1 aliphatic rings. The van der Waals surface area contributed by atoms with Crippen LogP contribution in [0.3, 0.4) is 0 Å². The summed E-state index contributed by atoms with van der Waals surface area (Å²) in [5, 5.41) is 12.1. The zero-order valence-electron chi connectivity index (χ0n) is 17.1. The van der Waals surface area contributed by atoms with Gasteiger partial charge < -0.3 is 5.32 Å². The van der Waals surface area contributed by atoms with Crippen molar-refractivity contribution < 1.29 is 18.0 Å². The molecule has 2 aromatic carbocycles. The zero-order chi connectivity index (χ0) is 22.7. The van der Waals surface area contributed by atoms with Gasteiger partial charge in [-0.15, -0.1) is 11.8 Å². The van der Waals surface area contributed by atoms with Crippen molar-refractivity contribution in [2.75, 3.05) is 5.32 Å².